The van der Waals surface area contributed by atoms with Crippen LogP contribution >= 0.6 is 11.3 Å². The van der Waals surface area contributed by atoms with Crippen LogP contribution in [0, 0.1) is 6.92 Å². The standard InChI is InChI=1S/C17H19N5O3S/c1-10(5-6-18)25-22(12-4-3-7-19-8-12)17-20-9-13-11(2)14(16(23)24)26-15(13)21-17/h3-4,7-10H,5-6,18H2,1-2H3,(H,23,24). The first-order valence-electron chi connectivity index (χ1n) is 8.07. The van der Waals surface area contributed by atoms with E-state index in [0.29, 0.717) is 35.0 Å². The number of hydrogen-bond acceptors (Lipinski definition) is 8. The van der Waals surface area contributed by atoms with E-state index in [4.69, 9.17) is 10.6 Å². The van der Waals surface area contributed by atoms with Crippen molar-refractivity contribution in [1.82, 2.24) is 15.0 Å². The largest absolute Gasteiger partial charge is 0.477 e. The van der Waals surface area contributed by atoms with Gasteiger partial charge in [0, 0.05) is 17.8 Å². The fourth-order valence-corrected chi connectivity index (χ4v) is 3.44. The summed E-state index contributed by atoms with van der Waals surface area (Å²) in [4.78, 5) is 31.2. The average molecular weight is 373 g/mol. The third-order valence-electron chi connectivity index (χ3n) is 3.80. The van der Waals surface area contributed by atoms with Gasteiger partial charge in [0.1, 0.15) is 9.71 Å². The van der Waals surface area contributed by atoms with Crippen LogP contribution in [0.5, 0.6) is 0 Å². The Morgan fingerprint density at radius 1 is 1.46 bits per heavy atom. The van der Waals surface area contributed by atoms with Gasteiger partial charge in [-0.25, -0.2) is 9.78 Å². The molecule has 0 aliphatic heterocycles. The van der Waals surface area contributed by atoms with Crippen LogP contribution in [-0.4, -0.2) is 38.7 Å². The Bertz CT molecular complexity index is 915. The lowest BCUT2D eigenvalue weighted by Crippen LogP contribution is -2.27. The first kappa shape index (κ1) is 18.2. The molecule has 1 atom stereocenters. The van der Waals surface area contributed by atoms with E-state index in [1.165, 1.54) is 5.06 Å². The van der Waals surface area contributed by atoms with Crippen LogP contribution in [0.15, 0.2) is 30.7 Å². The van der Waals surface area contributed by atoms with E-state index in [1.807, 2.05) is 13.0 Å². The maximum Gasteiger partial charge on any atom is 0.346 e. The fourth-order valence-electron chi connectivity index (χ4n) is 2.45. The van der Waals surface area contributed by atoms with Gasteiger partial charge >= 0.3 is 5.97 Å². The summed E-state index contributed by atoms with van der Waals surface area (Å²) in [5.41, 5.74) is 6.94. The van der Waals surface area contributed by atoms with Gasteiger partial charge in [-0.1, -0.05) is 0 Å². The van der Waals surface area contributed by atoms with Gasteiger partial charge in [-0.15, -0.1) is 11.3 Å². The molecule has 3 N–H and O–H groups in total. The molecular weight excluding hydrogens is 354 g/mol. The molecule has 0 aliphatic rings. The van der Waals surface area contributed by atoms with Crippen molar-refractivity contribution in [3.63, 3.8) is 0 Å². The van der Waals surface area contributed by atoms with Crippen LogP contribution < -0.4 is 10.8 Å². The predicted molar refractivity (Wildman–Crippen MR) is 99.7 cm³/mol. The number of carbonyl (C=O) groups is 1. The van der Waals surface area contributed by atoms with E-state index in [2.05, 4.69) is 15.0 Å². The Kier molecular flexibility index (Phi) is 5.40. The van der Waals surface area contributed by atoms with Gasteiger partial charge in [-0.2, -0.15) is 10.0 Å². The monoisotopic (exact) mass is 373 g/mol. The quantitative estimate of drug-likeness (QED) is 0.608. The minimum Gasteiger partial charge on any atom is -0.477 e. The molecule has 9 heteroatoms. The van der Waals surface area contributed by atoms with Crippen LogP contribution in [0.1, 0.15) is 28.6 Å². The summed E-state index contributed by atoms with van der Waals surface area (Å²) in [6, 6.07) is 3.62. The molecule has 0 saturated carbocycles. The minimum absolute atomic E-state index is 0.154. The summed E-state index contributed by atoms with van der Waals surface area (Å²) in [5.74, 6) is -0.656. The zero-order valence-corrected chi connectivity index (χ0v) is 15.2. The molecule has 3 rings (SSSR count). The number of rotatable bonds is 7. The van der Waals surface area contributed by atoms with Crippen molar-refractivity contribution in [2.45, 2.75) is 26.4 Å². The molecule has 0 aromatic carbocycles. The van der Waals surface area contributed by atoms with Gasteiger partial charge in [0.15, 0.2) is 0 Å². The average Bonchev–Trinajstić information content (AvgIpc) is 2.97. The maximum atomic E-state index is 11.4. The number of aromatic nitrogens is 3. The summed E-state index contributed by atoms with van der Waals surface area (Å²) < 4.78 is 0. The van der Waals surface area contributed by atoms with Crippen molar-refractivity contribution in [3.05, 3.63) is 41.2 Å². The Hall–Kier alpha value is -2.62. The summed E-state index contributed by atoms with van der Waals surface area (Å²) >= 11 is 1.12. The molecule has 0 amide bonds. The lowest BCUT2D eigenvalue weighted by Gasteiger charge is -2.24. The molecule has 8 nitrogen and oxygen atoms in total. The van der Waals surface area contributed by atoms with Crippen molar-refractivity contribution in [1.29, 1.82) is 0 Å². The molecule has 1 unspecified atom stereocenters. The first-order chi connectivity index (χ1) is 12.5. The summed E-state index contributed by atoms with van der Waals surface area (Å²) in [6.07, 6.45) is 5.44. The van der Waals surface area contributed by atoms with Gasteiger partial charge in [-0.05, 0) is 44.5 Å². The topological polar surface area (TPSA) is 114 Å². The summed E-state index contributed by atoms with van der Waals surface area (Å²) in [5, 5.41) is 11.5. The van der Waals surface area contributed by atoms with Gasteiger partial charge in [0.2, 0.25) is 0 Å². The zero-order valence-electron chi connectivity index (χ0n) is 14.4. The van der Waals surface area contributed by atoms with Crippen LogP contribution in [0.4, 0.5) is 11.6 Å². The summed E-state index contributed by atoms with van der Waals surface area (Å²) in [7, 11) is 0. The number of pyridine rings is 1. The number of aromatic carboxylic acids is 1. The van der Waals surface area contributed by atoms with Crippen LogP contribution in [0.2, 0.25) is 0 Å². The molecule has 136 valence electrons. The number of hydrogen-bond donors (Lipinski definition) is 2. The van der Waals surface area contributed by atoms with E-state index >= 15 is 0 Å². The van der Waals surface area contributed by atoms with Gasteiger partial charge in [0.05, 0.1) is 18.0 Å². The second-order valence-electron chi connectivity index (χ2n) is 5.75. The van der Waals surface area contributed by atoms with Crippen molar-refractivity contribution in [2.24, 2.45) is 5.73 Å². The van der Waals surface area contributed by atoms with Crippen molar-refractivity contribution in [2.75, 3.05) is 11.6 Å². The normalized spacial score (nSPS) is 12.3. The number of aryl methyl sites for hydroxylation is 1. The highest BCUT2D eigenvalue weighted by Crippen LogP contribution is 2.32. The Labute approximate surface area is 154 Å². The van der Waals surface area contributed by atoms with Crippen molar-refractivity contribution >= 4 is 39.2 Å². The highest BCUT2D eigenvalue weighted by Gasteiger charge is 2.21. The van der Waals surface area contributed by atoms with E-state index < -0.39 is 5.97 Å². The molecule has 0 fully saturated rings. The number of fused-ring (bicyclic) bond motifs is 1. The molecular formula is C17H19N5O3S. The van der Waals surface area contributed by atoms with Gasteiger partial charge < -0.3 is 10.8 Å². The third-order valence-corrected chi connectivity index (χ3v) is 4.99. The molecule has 26 heavy (non-hydrogen) atoms. The highest BCUT2D eigenvalue weighted by molar-refractivity contribution is 7.20. The Morgan fingerprint density at radius 3 is 2.92 bits per heavy atom. The Balaban J connectivity index is 2.04. The number of nitrogens with zero attached hydrogens (tertiary/aromatic N) is 4. The minimum atomic E-state index is -0.969. The molecule has 0 bridgehead atoms. The van der Waals surface area contributed by atoms with Crippen molar-refractivity contribution in [3.8, 4) is 0 Å². The van der Waals surface area contributed by atoms with Crippen LogP contribution in [0.25, 0.3) is 10.2 Å². The smallest absolute Gasteiger partial charge is 0.346 e. The van der Waals surface area contributed by atoms with E-state index in [-0.39, 0.29) is 11.0 Å². The van der Waals surface area contributed by atoms with Gasteiger partial charge in [0.25, 0.3) is 5.95 Å². The maximum absolute atomic E-state index is 11.4. The molecule has 3 aromatic rings. The molecule has 3 aromatic heterocycles. The number of nitrogens with two attached hydrogens (primary N) is 1. The fraction of sp³-hybridized carbons (Fsp3) is 0.294. The second-order valence-corrected chi connectivity index (χ2v) is 6.75. The van der Waals surface area contributed by atoms with Gasteiger partial charge in [-0.3, -0.25) is 9.82 Å². The zero-order chi connectivity index (χ0) is 18.7. The molecule has 0 radical (unpaired) electrons. The summed E-state index contributed by atoms with van der Waals surface area (Å²) in [6.45, 7) is 4.16. The van der Waals surface area contributed by atoms with E-state index in [1.54, 1.807) is 31.6 Å². The molecule has 3 heterocycles. The second kappa shape index (κ2) is 7.73. The lowest BCUT2D eigenvalue weighted by molar-refractivity contribution is 0.0596. The Morgan fingerprint density at radius 2 is 2.27 bits per heavy atom. The number of carboxylic acids is 1. The first-order valence-corrected chi connectivity index (χ1v) is 8.89. The lowest BCUT2D eigenvalue weighted by atomic mass is 10.2. The number of anilines is 2. The molecule has 0 saturated heterocycles. The van der Waals surface area contributed by atoms with E-state index in [0.717, 1.165) is 16.7 Å². The number of thiophene rings is 1. The number of carboxylic acid groups (broad SMARTS) is 1. The van der Waals surface area contributed by atoms with Crippen molar-refractivity contribution < 1.29 is 14.7 Å². The molecule has 0 aliphatic carbocycles. The predicted octanol–water partition coefficient (Wildman–Crippen LogP) is 2.90. The highest BCUT2D eigenvalue weighted by atomic mass is 32.1. The SMILES string of the molecule is Cc1c(C(=O)O)sc2nc(N(OC(C)CCN)c3cccnc3)ncc12. The van der Waals surface area contributed by atoms with Crippen LogP contribution in [-0.2, 0) is 4.84 Å². The van der Waals surface area contributed by atoms with E-state index in [9.17, 15) is 9.90 Å². The molecule has 0 spiro atoms. The third kappa shape index (κ3) is 3.64. The van der Waals surface area contributed by atoms with Crippen LogP contribution in [0.3, 0.4) is 0 Å².